The number of phenols is 1. The van der Waals surface area contributed by atoms with Crippen LogP contribution in [0, 0.1) is 13.8 Å². The van der Waals surface area contributed by atoms with Gasteiger partial charge in [0.1, 0.15) is 23.5 Å². The molecule has 0 unspecified atom stereocenters. The molecule has 3 atom stereocenters. The number of aromatic nitrogens is 3. The molecule has 0 spiro atoms. The fraction of sp³-hybridized carbons (Fsp3) is 0.350. The summed E-state index contributed by atoms with van der Waals surface area (Å²) >= 11 is 0. The van der Waals surface area contributed by atoms with E-state index in [2.05, 4.69) is 20.7 Å². The number of hydrogen-bond acceptors (Lipinski definition) is 10. The highest BCUT2D eigenvalue weighted by molar-refractivity contribution is 6.01. The molecule has 15 nitrogen and oxygen atoms in total. The molecular formula is C40H43N7O8. The first-order valence-corrected chi connectivity index (χ1v) is 18.2. The zero-order valence-electron chi connectivity index (χ0n) is 31.3. The van der Waals surface area contributed by atoms with Crippen LogP contribution in [0.1, 0.15) is 59.6 Å². The van der Waals surface area contributed by atoms with E-state index in [4.69, 9.17) is 13.9 Å². The summed E-state index contributed by atoms with van der Waals surface area (Å²) in [5, 5.41) is 20.7. The Bertz CT molecular complexity index is 2300. The van der Waals surface area contributed by atoms with Crippen molar-refractivity contribution in [2.24, 2.45) is 0 Å². The predicted octanol–water partition coefficient (Wildman–Crippen LogP) is 4.31. The molecule has 0 radical (unpaired) electrons. The number of pyridine rings is 1. The van der Waals surface area contributed by atoms with Crippen LogP contribution in [-0.2, 0) is 27.3 Å². The van der Waals surface area contributed by atoms with Crippen molar-refractivity contribution in [3.8, 4) is 34.5 Å². The van der Waals surface area contributed by atoms with E-state index in [1.165, 1.54) is 24.3 Å². The number of phenolic OH excluding ortho intramolecular Hbond substituents is 1. The second kappa shape index (κ2) is 15.2. The van der Waals surface area contributed by atoms with Gasteiger partial charge in [-0.1, -0.05) is 12.1 Å². The Morgan fingerprint density at radius 2 is 1.89 bits per heavy atom. The Labute approximate surface area is 317 Å². The van der Waals surface area contributed by atoms with Gasteiger partial charge in [0.05, 0.1) is 37.0 Å². The first kappa shape index (κ1) is 37.0. The molecule has 1 saturated heterocycles. The van der Waals surface area contributed by atoms with Crippen molar-refractivity contribution >= 4 is 29.1 Å². The lowest BCUT2D eigenvalue weighted by molar-refractivity contribution is -0.141. The van der Waals surface area contributed by atoms with Crippen molar-refractivity contribution < 1.29 is 38.2 Å². The van der Waals surface area contributed by atoms with Crippen molar-refractivity contribution in [1.82, 2.24) is 35.0 Å². The van der Waals surface area contributed by atoms with Gasteiger partial charge in [0, 0.05) is 31.3 Å². The largest absolute Gasteiger partial charge is 0.504 e. The number of nitrogens with one attached hydrogen (secondary N) is 2. The molecule has 286 valence electrons. The van der Waals surface area contributed by atoms with Gasteiger partial charge in [-0.15, -0.1) is 0 Å². The molecule has 0 aliphatic carbocycles. The van der Waals surface area contributed by atoms with Gasteiger partial charge in [-0.3, -0.25) is 19.2 Å². The maximum absolute atomic E-state index is 14.1. The first-order chi connectivity index (χ1) is 26.4. The van der Waals surface area contributed by atoms with Crippen molar-refractivity contribution in [3.63, 3.8) is 0 Å². The number of rotatable bonds is 4. The summed E-state index contributed by atoms with van der Waals surface area (Å²) in [7, 11) is 1.49. The summed E-state index contributed by atoms with van der Waals surface area (Å²) in [5.74, 6) is 0.0204. The summed E-state index contributed by atoms with van der Waals surface area (Å²) in [5.41, 5.74) is 3.85. The molecular weight excluding hydrogens is 706 g/mol. The number of carbonyl (C=O) groups excluding carboxylic acids is 4. The van der Waals surface area contributed by atoms with E-state index < -0.39 is 29.9 Å². The molecule has 5 aromatic rings. The number of hydrogen-bond donors (Lipinski definition) is 3. The molecule has 6 bridgehead atoms. The van der Waals surface area contributed by atoms with Gasteiger partial charge in [0.2, 0.25) is 23.6 Å². The van der Waals surface area contributed by atoms with E-state index in [1.54, 1.807) is 53.6 Å². The van der Waals surface area contributed by atoms with E-state index in [0.29, 0.717) is 64.0 Å². The van der Waals surface area contributed by atoms with Crippen molar-refractivity contribution in [3.05, 3.63) is 89.1 Å². The fourth-order valence-corrected chi connectivity index (χ4v) is 7.19. The minimum Gasteiger partial charge on any atom is -0.504 e. The third-order valence-electron chi connectivity index (χ3n) is 10.2. The summed E-state index contributed by atoms with van der Waals surface area (Å²) in [6, 6.07) is 11.3. The number of nitrogens with zero attached hydrogens (tertiary/aromatic N) is 5. The minimum absolute atomic E-state index is 0.00976. The highest BCUT2D eigenvalue weighted by Crippen LogP contribution is 2.39. The molecule has 1 fully saturated rings. The number of aromatic hydroxyl groups is 1. The van der Waals surface area contributed by atoms with Crippen molar-refractivity contribution in [1.29, 1.82) is 0 Å². The van der Waals surface area contributed by atoms with Gasteiger partial charge in [-0.2, -0.15) is 5.10 Å². The van der Waals surface area contributed by atoms with Crippen LogP contribution in [0.3, 0.4) is 0 Å². The van der Waals surface area contributed by atoms with Crippen LogP contribution in [0.15, 0.2) is 65.3 Å². The zero-order valence-corrected chi connectivity index (χ0v) is 31.3. The molecule has 0 saturated carbocycles. The van der Waals surface area contributed by atoms with E-state index >= 15 is 0 Å². The average molecular weight is 750 g/mol. The molecule has 4 amide bonds. The lowest BCUT2D eigenvalue weighted by Gasteiger charge is -2.29. The summed E-state index contributed by atoms with van der Waals surface area (Å²) in [6.45, 7) is 7.53. The van der Waals surface area contributed by atoms with Gasteiger partial charge >= 0.3 is 0 Å². The highest BCUT2D eigenvalue weighted by Gasteiger charge is 2.44. The third kappa shape index (κ3) is 7.41. The molecule has 6 heterocycles. The van der Waals surface area contributed by atoms with E-state index in [9.17, 15) is 24.3 Å². The number of fused-ring (bicyclic) bond motifs is 10. The number of benzene rings is 2. The lowest BCUT2D eigenvalue weighted by atomic mass is 10.1. The van der Waals surface area contributed by atoms with E-state index in [-0.39, 0.29) is 49.2 Å². The fourth-order valence-electron chi connectivity index (χ4n) is 7.19. The maximum atomic E-state index is 14.1. The van der Waals surface area contributed by atoms with Gasteiger partial charge in [0.25, 0.3) is 5.91 Å². The van der Waals surface area contributed by atoms with Crippen LogP contribution < -0.4 is 20.1 Å². The van der Waals surface area contributed by atoms with Gasteiger partial charge in [-0.05, 0) is 88.1 Å². The van der Waals surface area contributed by atoms with E-state index in [0.717, 1.165) is 5.56 Å². The number of methoxy groups -OCH3 is 1. The highest BCUT2D eigenvalue weighted by atomic mass is 16.5. The zero-order chi connectivity index (χ0) is 39.0. The number of aryl methyl sites for hydroxylation is 3. The van der Waals surface area contributed by atoms with Gasteiger partial charge in [-0.25, -0.2) is 9.50 Å². The Kier molecular flexibility index (Phi) is 10.2. The second-order valence-corrected chi connectivity index (χ2v) is 13.9. The van der Waals surface area contributed by atoms with Crippen LogP contribution in [0.4, 0.5) is 0 Å². The predicted molar refractivity (Wildman–Crippen MR) is 200 cm³/mol. The Morgan fingerprint density at radius 1 is 1.07 bits per heavy atom. The molecule has 2 aromatic carbocycles. The topological polar surface area (TPSA) is 181 Å². The smallest absolute Gasteiger partial charge is 0.257 e. The third-order valence-corrected chi connectivity index (χ3v) is 10.2. The van der Waals surface area contributed by atoms with Crippen LogP contribution in [0.5, 0.6) is 23.0 Å². The molecule has 3 aliphatic heterocycles. The summed E-state index contributed by atoms with van der Waals surface area (Å²) in [4.78, 5) is 63.1. The number of likely N-dealkylation sites (N-methyl/N-ethyl adjacent to an activating group) is 1. The molecule has 3 aromatic heterocycles. The molecule has 3 N–H and O–H groups in total. The Hall–Kier alpha value is -6.38. The standard InChI is InChI=1S/C40H43N7O8/c1-6-45(40(52)28-18-42-47-20-22(2)7-11-30(28)47)27-17-31-37(50)41-19-29-24(4)54-38(44-29)26-10-13-33(35(16-26)53-5)55-34-15-25(8-12-32(34)48)9-14-36(49)43-23(3)39(51)46(31)21-27/h7-8,10-13,15-16,18,20,23,27,31,48H,6,9,14,17,19,21H2,1-5H3,(H,41,50)(H,43,49)/t23-,27+,31+/m1/s1. The van der Waals surface area contributed by atoms with Gasteiger partial charge in [0.15, 0.2) is 23.0 Å². The SMILES string of the molecule is CCN(C(=O)c1cnn2cc(C)ccc12)[C@H]1C[C@H]2C(=O)NCc3nc(oc3C)-c3ccc(c(OC)c3)Oc3cc(ccc3O)CCC(=O)N[C@H](C)C(=O)N2C1. The van der Waals surface area contributed by atoms with Gasteiger partial charge < -0.3 is 39.4 Å². The van der Waals surface area contributed by atoms with Crippen molar-refractivity contribution in [2.75, 3.05) is 20.2 Å². The monoisotopic (exact) mass is 749 g/mol. The average Bonchev–Trinajstić information content (AvgIpc) is 3.90. The normalized spacial score (nSPS) is 19.2. The summed E-state index contributed by atoms with van der Waals surface area (Å²) in [6.07, 6.45) is 3.89. The van der Waals surface area contributed by atoms with Crippen LogP contribution in [0.2, 0.25) is 0 Å². The Morgan fingerprint density at radius 3 is 2.67 bits per heavy atom. The number of ether oxygens (including phenoxy) is 2. The number of oxazole rings is 1. The van der Waals surface area contributed by atoms with E-state index in [1.807, 2.05) is 32.2 Å². The molecule has 8 rings (SSSR count). The van der Waals surface area contributed by atoms with Crippen LogP contribution in [-0.4, -0.2) is 91.5 Å². The number of carbonyl (C=O) groups is 4. The maximum Gasteiger partial charge on any atom is 0.257 e. The Balaban J connectivity index is 1.20. The van der Waals surface area contributed by atoms with Crippen LogP contribution >= 0.6 is 0 Å². The lowest BCUT2D eigenvalue weighted by Crippen LogP contribution is -2.52. The summed E-state index contributed by atoms with van der Waals surface area (Å²) < 4.78 is 19.3. The number of amides is 4. The van der Waals surface area contributed by atoms with Crippen LogP contribution in [0.25, 0.3) is 17.0 Å². The molecule has 55 heavy (non-hydrogen) atoms. The molecule has 15 heteroatoms. The van der Waals surface area contributed by atoms with Crippen molar-refractivity contribution in [2.45, 2.75) is 71.6 Å². The molecule has 3 aliphatic rings. The first-order valence-electron chi connectivity index (χ1n) is 18.2. The minimum atomic E-state index is -0.970. The second-order valence-electron chi connectivity index (χ2n) is 13.9. The quantitative estimate of drug-likeness (QED) is 0.240.